The zero-order valence-electron chi connectivity index (χ0n) is 15.3. The Morgan fingerprint density at radius 3 is 2.48 bits per heavy atom. The maximum atomic E-state index is 5.87. The number of hydrogen-bond donors (Lipinski definition) is 1. The molecule has 0 fully saturated rings. The Kier molecular flexibility index (Phi) is 11.6. The Balaban J connectivity index is 2.30. The van der Waals surface area contributed by atoms with Gasteiger partial charge in [0.05, 0.1) is 6.61 Å². The molecule has 0 saturated carbocycles. The summed E-state index contributed by atoms with van der Waals surface area (Å²) in [5.41, 5.74) is 1.23. The van der Waals surface area contributed by atoms with Gasteiger partial charge < -0.3 is 14.8 Å². The number of unbranched alkanes of at least 4 members (excludes halogenated alkanes) is 5. The number of nitrogens with one attached hydrogen (secondary N) is 1. The summed E-state index contributed by atoms with van der Waals surface area (Å²) in [5.74, 6) is 0.968. The van der Waals surface area contributed by atoms with Crippen LogP contribution in [0.4, 0.5) is 0 Å². The van der Waals surface area contributed by atoms with Crippen LogP contribution >= 0.6 is 0 Å². The van der Waals surface area contributed by atoms with Gasteiger partial charge in [-0.3, -0.25) is 0 Å². The van der Waals surface area contributed by atoms with E-state index in [1.54, 1.807) is 0 Å². The van der Waals surface area contributed by atoms with E-state index < -0.39 is 0 Å². The van der Waals surface area contributed by atoms with E-state index in [0.29, 0.717) is 19.3 Å². The maximum Gasteiger partial charge on any atom is 0.124 e. The van der Waals surface area contributed by atoms with Crippen LogP contribution in [0.25, 0.3) is 0 Å². The number of benzene rings is 1. The van der Waals surface area contributed by atoms with E-state index in [1.807, 2.05) is 19.1 Å². The van der Waals surface area contributed by atoms with Gasteiger partial charge in [-0.2, -0.15) is 0 Å². The Morgan fingerprint density at radius 2 is 1.70 bits per heavy atom. The van der Waals surface area contributed by atoms with Crippen LogP contribution in [0.2, 0.25) is 0 Å². The van der Waals surface area contributed by atoms with E-state index in [2.05, 4.69) is 31.3 Å². The summed E-state index contributed by atoms with van der Waals surface area (Å²) in [6.07, 6.45) is 8.00. The molecule has 1 aromatic rings. The van der Waals surface area contributed by atoms with Crippen LogP contribution in [0.3, 0.4) is 0 Å². The molecule has 1 N–H and O–H groups in total. The zero-order valence-corrected chi connectivity index (χ0v) is 15.3. The van der Waals surface area contributed by atoms with Gasteiger partial charge in [0.1, 0.15) is 12.4 Å². The van der Waals surface area contributed by atoms with E-state index in [4.69, 9.17) is 9.47 Å². The van der Waals surface area contributed by atoms with Crippen LogP contribution in [0.1, 0.15) is 70.9 Å². The van der Waals surface area contributed by atoms with Crippen molar-refractivity contribution < 1.29 is 9.47 Å². The molecule has 0 radical (unpaired) electrons. The predicted molar refractivity (Wildman–Crippen MR) is 98.2 cm³/mol. The summed E-state index contributed by atoms with van der Waals surface area (Å²) in [4.78, 5) is 0. The topological polar surface area (TPSA) is 30.5 Å². The van der Waals surface area contributed by atoms with Crippen LogP contribution in [0, 0.1) is 0 Å². The van der Waals surface area contributed by atoms with Gasteiger partial charge in [-0.15, -0.1) is 0 Å². The molecule has 1 unspecified atom stereocenters. The van der Waals surface area contributed by atoms with Crippen LogP contribution in [-0.4, -0.2) is 26.4 Å². The molecule has 1 rings (SSSR count). The number of hydrogen-bond acceptors (Lipinski definition) is 3. The van der Waals surface area contributed by atoms with Gasteiger partial charge in [0.15, 0.2) is 0 Å². The molecule has 0 spiro atoms. The first kappa shape index (κ1) is 20.0. The average molecular weight is 322 g/mol. The molecular weight excluding hydrogens is 286 g/mol. The second-order valence-electron chi connectivity index (χ2n) is 6.03. The van der Waals surface area contributed by atoms with Crippen LogP contribution in [-0.2, 0) is 4.74 Å². The Bertz CT molecular complexity index is 395. The van der Waals surface area contributed by atoms with Crippen molar-refractivity contribution in [2.45, 2.75) is 65.3 Å². The molecule has 0 aromatic heterocycles. The third kappa shape index (κ3) is 8.97. The maximum absolute atomic E-state index is 5.87. The molecule has 3 nitrogen and oxygen atoms in total. The summed E-state index contributed by atoms with van der Waals surface area (Å²) in [6, 6.07) is 8.61. The van der Waals surface area contributed by atoms with Gasteiger partial charge in [0, 0.05) is 18.2 Å². The highest BCUT2D eigenvalue weighted by Crippen LogP contribution is 2.24. The molecule has 0 aliphatic carbocycles. The van der Waals surface area contributed by atoms with Crippen LogP contribution < -0.4 is 10.1 Å². The Labute approximate surface area is 142 Å². The smallest absolute Gasteiger partial charge is 0.124 e. The summed E-state index contributed by atoms with van der Waals surface area (Å²) in [6.45, 7) is 9.53. The Morgan fingerprint density at radius 1 is 0.957 bits per heavy atom. The summed E-state index contributed by atoms with van der Waals surface area (Å²) >= 11 is 0. The van der Waals surface area contributed by atoms with Crippen molar-refractivity contribution in [2.24, 2.45) is 0 Å². The third-order valence-corrected chi connectivity index (χ3v) is 4.06. The molecular formula is C20H35NO2. The molecule has 0 saturated heterocycles. The molecule has 0 amide bonds. The summed E-state index contributed by atoms with van der Waals surface area (Å²) in [5, 5.41) is 3.62. The van der Waals surface area contributed by atoms with Gasteiger partial charge in [-0.05, 0) is 32.9 Å². The highest BCUT2D eigenvalue weighted by Gasteiger charge is 2.10. The highest BCUT2D eigenvalue weighted by molar-refractivity contribution is 5.35. The first-order valence-electron chi connectivity index (χ1n) is 9.32. The van der Waals surface area contributed by atoms with Crippen LogP contribution in [0.15, 0.2) is 24.3 Å². The predicted octanol–water partition coefficient (Wildman–Crippen LogP) is 5.11. The van der Waals surface area contributed by atoms with Crippen LogP contribution in [0.5, 0.6) is 5.75 Å². The summed E-state index contributed by atoms with van der Waals surface area (Å²) < 4.78 is 11.2. The van der Waals surface area contributed by atoms with Crippen molar-refractivity contribution in [3.63, 3.8) is 0 Å². The third-order valence-electron chi connectivity index (χ3n) is 4.06. The standard InChI is InChI=1S/C20H35NO2/c1-4-6-7-8-9-12-15-21-18(3)19-13-10-11-14-20(19)23-17-16-22-5-2/h10-11,13-14,18,21H,4-9,12,15-17H2,1-3H3. The van der Waals surface area contributed by atoms with Crippen molar-refractivity contribution in [3.05, 3.63) is 29.8 Å². The molecule has 0 aliphatic rings. The second-order valence-corrected chi connectivity index (χ2v) is 6.03. The van der Waals surface area contributed by atoms with Gasteiger partial charge in [0.2, 0.25) is 0 Å². The van der Waals surface area contributed by atoms with Crippen molar-refractivity contribution in [2.75, 3.05) is 26.4 Å². The van der Waals surface area contributed by atoms with Gasteiger partial charge in [-0.1, -0.05) is 57.2 Å². The fourth-order valence-corrected chi connectivity index (χ4v) is 2.66. The van der Waals surface area contributed by atoms with Gasteiger partial charge >= 0.3 is 0 Å². The molecule has 23 heavy (non-hydrogen) atoms. The number of rotatable bonds is 14. The van der Waals surface area contributed by atoms with Crippen molar-refractivity contribution >= 4 is 0 Å². The zero-order chi connectivity index (χ0) is 16.8. The normalized spacial score (nSPS) is 12.3. The lowest BCUT2D eigenvalue weighted by molar-refractivity contribution is 0.109. The van der Waals surface area contributed by atoms with E-state index in [0.717, 1.165) is 18.9 Å². The van der Waals surface area contributed by atoms with Gasteiger partial charge in [-0.25, -0.2) is 0 Å². The SMILES string of the molecule is CCCCCCCCNC(C)c1ccccc1OCCOCC. The lowest BCUT2D eigenvalue weighted by atomic mass is 10.1. The van der Waals surface area contributed by atoms with E-state index in [-0.39, 0.29) is 0 Å². The largest absolute Gasteiger partial charge is 0.491 e. The van der Waals surface area contributed by atoms with Crippen molar-refractivity contribution in [3.8, 4) is 5.75 Å². The molecule has 0 aliphatic heterocycles. The Hall–Kier alpha value is -1.06. The minimum atomic E-state index is 0.314. The number of ether oxygens (including phenoxy) is 2. The first-order valence-corrected chi connectivity index (χ1v) is 9.32. The first-order chi connectivity index (χ1) is 11.3. The quantitative estimate of drug-likeness (QED) is 0.483. The number of para-hydroxylation sites is 1. The molecule has 1 atom stereocenters. The fraction of sp³-hybridized carbons (Fsp3) is 0.700. The average Bonchev–Trinajstić information content (AvgIpc) is 2.58. The lowest BCUT2D eigenvalue weighted by Gasteiger charge is -2.18. The molecule has 0 bridgehead atoms. The minimum absolute atomic E-state index is 0.314. The lowest BCUT2D eigenvalue weighted by Crippen LogP contribution is -2.21. The molecule has 132 valence electrons. The van der Waals surface area contributed by atoms with E-state index in [1.165, 1.54) is 44.1 Å². The van der Waals surface area contributed by atoms with Crippen molar-refractivity contribution in [1.29, 1.82) is 0 Å². The second kappa shape index (κ2) is 13.4. The summed E-state index contributed by atoms with van der Waals surface area (Å²) in [7, 11) is 0. The van der Waals surface area contributed by atoms with E-state index in [9.17, 15) is 0 Å². The molecule has 3 heteroatoms. The minimum Gasteiger partial charge on any atom is -0.491 e. The molecule has 0 heterocycles. The van der Waals surface area contributed by atoms with Crippen molar-refractivity contribution in [1.82, 2.24) is 5.32 Å². The fourth-order valence-electron chi connectivity index (χ4n) is 2.66. The monoisotopic (exact) mass is 321 g/mol. The highest BCUT2D eigenvalue weighted by atomic mass is 16.5. The van der Waals surface area contributed by atoms with E-state index >= 15 is 0 Å². The van der Waals surface area contributed by atoms with Gasteiger partial charge in [0.25, 0.3) is 0 Å². The molecule has 1 aromatic carbocycles.